The number of unbranched alkanes of at least 4 members (excludes halogenated alkanes) is 7. The standard InChI is InChI=1S/C15H30O4/c1-17-14(16)12-10-8-6-4-5-7-9-11-13-15(18-2)19-3/h15H,4-13H2,1-3H3. The van der Waals surface area contributed by atoms with E-state index in [0.717, 1.165) is 25.7 Å². The van der Waals surface area contributed by atoms with Gasteiger partial charge >= 0.3 is 5.97 Å². The van der Waals surface area contributed by atoms with E-state index in [9.17, 15) is 4.79 Å². The lowest BCUT2D eigenvalue weighted by atomic mass is 10.1. The molecule has 4 nitrogen and oxygen atoms in total. The van der Waals surface area contributed by atoms with Gasteiger partial charge < -0.3 is 14.2 Å². The van der Waals surface area contributed by atoms with Crippen molar-refractivity contribution in [2.45, 2.75) is 70.5 Å². The van der Waals surface area contributed by atoms with E-state index in [1.807, 2.05) is 0 Å². The summed E-state index contributed by atoms with van der Waals surface area (Å²) in [5.41, 5.74) is 0. The van der Waals surface area contributed by atoms with Crippen LogP contribution >= 0.6 is 0 Å². The maximum Gasteiger partial charge on any atom is 0.305 e. The summed E-state index contributed by atoms with van der Waals surface area (Å²) in [6, 6.07) is 0. The fraction of sp³-hybridized carbons (Fsp3) is 0.933. The molecule has 0 heterocycles. The van der Waals surface area contributed by atoms with Gasteiger partial charge in [-0.2, -0.15) is 0 Å². The van der Waals surface area contributed by atoms with E-state index in [1.54, 1.807) is 14.2 Å². The molecule has 0 amide bonds. The van der Waals surface area contributed by atoms with Crippen LogP contribution in [0.25, 0.3) is 0 Å². The van der Waals surface area contributed by atoms with Crippen molar-refractivity contribution in [1.29, 1.82) is 0 Å². The molecule has 0 atom stereocenters. The summed E-state index contributed by atoms with van der Waals surface area (Å²) in [5.74, 6) is -0.0918. The van der Waals surface area contributed by atoms with E-state index < -0.39 is 0 Å². The highest BCUT2D eigenvalue weighted by Crippen LogP contribution is 2.12. The van der Waals surface area contributed by atoms with Gasteiger partial charge in [0.05, 0.1) is 7.11 Å². The van der Waals surface area contributed by atoms with Crippen molar-refractivity contribution >= 4 is 5.97 Å². The third-order valence-corrected chi connectivity index (χ3v) is 3.32. The molecule has 0 saturated carbocycles. The van der Waals surface area contributed by atoms with Gasteiger partial charge in [0.1, 0.15) is 0 Å². The Hall–Kier alpha value is -0.610. The Balaban J connectivity index is 3.13. The maximum atomic E-state index is 10.9. The predicted molar refractivity (Wildman–Crippen MR) is 76.0 cm³/mol. The molecule has 19 heavy (non-hydrogen) atoms. The Morgan fingerprint density at radius 2 is 1.26 bits per heavy atom. The molecule has 0 saturated heterocycles. The van der Waals surface area contributed by atoms with E-state index in [-0.39, 0.29) is 12.3 Å². The second-order valence-corrected chi connectivity index (χ2v) is 4.84. The monoisotopic (exact) mass is 274 g/mol. The minimum absolute atomic E-state index is 0.0432. The Morgan fingerprint density at radius 3 is 1.74 bits per heavy atom. The molecule has 0 unspecified atom stereocenters. The zero-order chi connectivity index (χ0) is 14.3. The average molecular weight is 274 g/mol. The number of carbonyl (C=O) groups is 1. The number of hydrogen-bond donors (Lipinski definition) is 0. The smallest absolute Gasteiger partial charge is 0.305 e. The van der Waals surface area contributed by atoms with E-state index in [4.69, 9.17) is 9.47 Å². The lowest BCUT2D eigenvalue weighted by Gasteiger charge is -2.12. The van der Waals surface area contributed by atoms with Gasteiger partial charge in [0, 0.05) is 20.6 Å². The second kappa shape index (κ2) is 13.8. The molecule has 0 bridgehead atoms. The van der Waals surface area contributed by atoms with Gasteiger partial charge in [-0.25, -0.2) is 0 Å². The van der Waals surface area contributed by atoms with Gasteiger partial charge in [0.25, 0.3) is 0 Å². The van der Waals surface area contributed by atoms with Crippen LogP contribution in [0.3, 0.4) is 0 Å². The molecule has 0 rings (SSSR count). The third kappa shape index (κ3) is 12.2. The molecule has 0 aliphatic heterocycles. The van der Waals surface area contributed by atoms with Crippen LogP contribution in [0.1, 0.15) is 64.2 Å². The molecule has 0 aliphatic rings. The molecule has 0 aromatic carbocycles. The van der Waals surface area contributed by atoms with Crippen molar-refractivity contribution in [3.63, 3.8) is 0 Å². The highest BCUT2D eigenvalue weighted by Gasteiger charge is 2.03. The van der Waals surface area contributed by atoms with Crippen molar-refractivity contribution < 1.29 is 19.0 Å². The van der Waals surface area contributed by atoms with Gasteiger partial charge in [-0.15, -0.1) is 0 Å². The molecule has 0 radical (unpaired) electrons. The Bertz CT molecular complexity index is 202. The van der Waals surface area contributed by atoms with Gasteiger partial charge in [-0.05, 0) is 19.3 Å². The minimum atomic E-state index is -0.0918. The first-order chi connectivity index (χ1) is 9.24. The van der Waals surface area contributed by atoms with Gasteiger partial charge in [-0.1, -0.05) is 38.5 Å². The molecular weight excluding hydrogens is 244 g/mol. The number of carbonyl (C=O) groups excluding carboxylic acids is 1. The second-order valence-electron chi connectivity index (χ2n) is 4.84. The Labute approximate surface area is 117 Å². The molecule has 0 fully saturated rings. The summed E-state index contributed by atoms with van der Waals surface area (Å²) < 4.78 is 14.9. The van der Waals surface area contributed by atoms with Crippen molar-refractivity contribution in [2.24, 2.45) is 0 Å². The first kappa shape index (κ1) is 18.4. The van der Waals surface area contributed by atoms with E-state index in [2.05, 4.69) is 4.74 Å². The zero-order valence-electron chi connectivity index (χ0n) is 12.8. The van der Waals surface area contributed by atoms with Gasteiger partial charge in [0.2, 0.25) is 0 Å². The SMILES string of the molecule is COC(=O)CCCCCCCCCCC(OC)OC. The fourth-order valence-electron chi connectivity index (χ4n) is 2.07. The van der Waals surface area contributed by atoms with Crippen molar-refractivity contribution in [1.82, 2.24) is 0 Å². The third-order valence-electron chi connectivity index (χ3n) is 3.32. The quantitative estimate of drug-likeness (QED) is 0.292. The van der Waals surface area contributed by atoms with Crippen LogP contribution in [0.15, 0.2) is 0 Å². The topological polar surface area (TPSA) is 44.8 Å². The summed E-state index contributed by atoms with van der Waals surface area (Å²) in [6.45, 7) is 0. The van der Waals surface area contributed by atoms with Crippen molar-refractivity contribution in [3.05, 3.63) is 0 Å². The molecule has 0 aliphatic carbocycles. The maximum absolute atomic E-state index is 10.9. The van der Waals surface area contributed by atoms with Crippen LogP contribution in [-0.4, -0.2) is 33.6 Å². The summed E-state index contributed by atoms with van der Waals surface area (Å²) >= 11 is 0. The molecule has 114 valence electrons. The van der Waals surface area contributed by atoms with E-state index in [1.165, 1.54) is 39.2 Å². The lowest BCUT2D eigenvalue weighted by Crippen LogP contribution is -2.12. The van der Waals surface area contributed by atoms with E-state index in [0.29, 0.717) is 6.42 Å². The summed E-state index contributed by atoms with van der Waals surface area (Å²) in [7, 11) is 4.81. The first-order valence-electron chi connectivity index (χ1n) is 7.37. The van der Waals surface area contributed by atoms with Crippen LogP contribution in [0.2, 0.25) is 0 Å². The van der Waals surface area contributed by atoms with Gasteiger partial charge in [-0.3, -0.25) is 4.79 Å². The average Bonchev–Trinajstić information content (AvgIpc) is 2.44. The van der Waals surface area contributed by atoms with Crippen molar-refractivity contribution in [2.75, 3.05) is 21.3 Å². The van der Waals surface area contributed by atoms with Crippen LogP contribution < -0.4 is 0 Å². The summed E-state index contributed by atoms with van der Waals surface area (Å²) in [6.07, 6.45) is 11.0. The molecule has 0 aromatic rings. The Kier molecular flexibility index (Phi) is 13.4. The van der Waals surface area contributed by atoms with Crippen LogP contribution in [-0.2, 0) is 19.0 Å². The molecular formula is C15H30O4. The summed E-state index contributed by atoms with van der Waals surface area (Å²) in [4.78, 5) is 10.9. The molecule has 4 heteroatoms. The predicted octanol–water partition coefficient (Wildman–Crippen LogP) is 3.68. The zero-order valence-corrected chi connectivity index (χ0v) is 12.8. The number of esters is 1. The molecule has 0 aromatic heterocycles. The summed E-state index contributed by atoms with van der Waals surface area (Å²) in [5, 5.41) is 0. The van der Waals surface area contributed by atoms with Crippen LogP contribution in [0.4, 0.5) is 0 Å². The number of hydrogen-bond acceptors (Lipinski definition) is 4. The number of rotatable bonds is 13. The largest absolute Gasteiger partial charge is 0.469 e. The van der Waals surface area contributed by atoms with Gasteiger partial charge in [0.15, 0.2) is 6.29 Å². The van der Waals surface area contributed by atoms with E-state index >= 15 is 0 Å². The molecule has 0 spiro atoms. The normalized spacial score (nSPS) is 10.9. The Morgan fingerprint density at radius 1 is 0.789 bits per heavy atom. The first-order valence-corrected chi connectivity index (χ1v) is 7.37. The number of ether oxygens (including phenoxy) is 3. The lowest BCUT2D eigenvalue weighted by molar-refractivity contribution is -0.140. The molecule has 0 N–H and O–H groups in total. The highest BCUT2D eigenvalue weighted by atomic mass is 16.7. The van der Waals surface area contributed by atoms with Crippen molar-refractivity contribution in [3.8, 4) is 0 Å². The fourth-order valence-corrected chi connectivity index (χ4v) is 2.07. The van der Waals surface area contributed by atoms with Crippen LogP contribution in [0, 0.1) is 0 Å². The number of methoxy groups -OCH3 is 3. The van der Waals surface area contributed by atoms with Crippen LogP contribution in [0.5, 0.6) is 0 Å². The minimum Gasteiger partial charge on any atom is -0.469 e. The highest BCUT2D eigenvalue weighted by molar-refractivity contribution is 5.68.